The zero-order valence-electron chi connectivity index (χ0n) is 15.8. The van der Waals surface area contributed by atoms with Crippen LogP contribution in [0, 0.1) is 6.92 Å². The molecule has 3 rings (SSSR count). The Kier molecular flexibility index (Phi) is 6.21. The lowest BCUT2D eigenvalue weighted by molar-refractivity contribution is -0.123. The van der Waals surface area contributed by atoms with Crippen LogP contribution in [-0.2, 0) is 11.3 Å². The van der Waals surface area contributed by atoms with Gasteiger partial charge in [0.25, 0.3) is 11.1 Å². The first-order valence-corrected chi connectivity index (χ1v) is 9.56. The first-order valence-electron chi connectivity index (χ1n) is 8.74. The third kappa shape index (κ3) is 4.46. The van der Waals surface area contributed by atoms with Crippen LogP contribution < -0.4 is 9.47 Å². The van der Waals surface area contributed by atoms with Crippen LogP contribution in [0.1, 0.15) is 16.7 Å². The first kappa shape index (κ1) is 19.8. The van der Waals surface area contributed by atoms with Crippen LogP contribution in [0.2, 0.25) is 0 Å². The van der Waals surface area contributed by atoms with Gasteiger partial charge in [0, 0.05) is 0 Å². The number of carbonyl (C=O) groups is 2. The second-order valence-electron chi connectivity index (χ2n) is 6.27. The Balaban J connectivity index is 1.80. The molecule has 2 aromatic rings. The molecular weight excluding hydrogens is 374 g/mol. The number of methoxy groups -OCH3 is 1. The Morgan fingerprint density at radius 3 is 2.68 bits per heavy atom. The number of benzene rings is 2. The number of ether oxygens (including phenoxy) is 2. The average molecular weight is 395 g/mol. The van der Waals surface area contributed by atoms with Crippen LogP contribution >= 0.6 is 11.8 Å². The minimum Gasteiger partial charge on any atom is -0.493 e. The Morgan fingerprint density at radius 2 is 1.96 bits per heavy atom. The van der Waals surface area contributed by atoms with Crippen molar-refractivity contribution < 1.29 is 19.1 Å². The molecule has 2 aromatic carbocycles. The molecule has 1 heterocycles. The van der Waals surface area contributed by atoms with Gasteiger partial charge in [-0.3, -0.25) is 14.5 Å². The van der Waals surface area contributed by atoms with Crippen molar-refractivity contribution >= 4 is 29.0 Å². The second kappa shape index (κ2) is 8.80. The monoisotopic (exact) mass is 395 g/mol. The molecule has 0 spiro atoms. The minimum atomic E-state index is -0.289. The molecule has 0 atom stereocenters. The van der Waals surface area contributed by atoms with Gasteiger partial charge in [0.2, 0.25) is 0 Å². The van der Waals surface area contributed by atoms with Gasteiger partial charge in [-0.2, -0.15) is 0 Å². The second-order valence-corrected chi connectivity index (χ2v) is 7.26. The Bertz CT molecular complexity index is 951. The topological polar surface area (TPSA) is 55.8 Å². The molecular formula is C22H21NO4S. The van der Waals surface area contributed by atoms with Crippen molar-refractivity contribution in [2.24, 2.45) is 0 Å². The number of hydrogen-bond acceptors (Lipinski definition) is 5. The van der Waals surface area contributed by atoms with Crippen molar-refractivity contribution in [1.29, 1.82) is 0 Å². The number of nitrogens with zero attached hydrogens (tertiary/aromatic N) is 1. The number of hydrogen-bond donors (Lipinski definition) is 0. The number of rotatable bonds is 7. The molecule has 6 heteroatoms. The SMILES string of the molecule is C=CCOc1ccc(/C=C2/SC(=O)N(Cc3cccc(C)c3)C2=O)cc1OC. The fraction of sp³-hybridized carbons (Fsp3) is 0.182. The van der Waals surface area contributed by atoms with E-state index in [1.165, 1.54) is 4.90 Å². The van der Waals surface area contributed by atoms with Gasteiger partial charge in [-0.05, 0) is 48.0 Å². The molecule has 2 amide bonds. The highest BCUT2D eigenvalue weighted by Gasteiger charge is 2.35. The summed E-state index contributed by atoms with van der Waals surface area (Å²) in [7, 11) is 1.55. The number of imide groups is 1. The van der Waals surface area contributed by atoms with Crippen molar-refractivity contribution in [3.05, 3.63) is 76.7 Å². The van der Waals surface area contributed by atoms with Crippen molar-refractivity contribution in [1.82, 2.24) is 4.90 Å². The van der Waals surface area contributed by atoms with Crippen LogP contribution in [0.4, 0.5) is 4.79 Å². The largest absolute Gasteiger partial charge is 0.493 e. The molecule has 28 heavy (non-hydrogen) atoms. The average Bonchev–Trinajstić information content (AvgIpc) is 2.94. The Labute approximate surface area is 168 Å². The highest BCUT2D eigenvalue weighted by Crippen LogP contribution is 2.35. The summed E-state index contributed by atoms with van der Waals surface area (Å²) >= 11 is 0.945. The van der Waals surface area contributed by atoms with Crippen LogP contribution in [0.25, 0.3) is 6.08 Å². The molecule has 0 aromatic heterocycles. The molecule has 1 saturated heterocycles. The van der Waals surface area contributed by atoms with E-state index in [9.17, 15) is 9.59 Å². The lowest BCUT2D eigenvalue weighted by Gasteiger charge is -2.12. The van der Waals surface area contributed by atoms with Gasteiger partial charge < -0.3 is 9.47 Å². The predicted molar refractivity (Wildman–Crippen MR) is 111 cm³/mol. The Hall–Kier alpha value is -2.99. The van der Waals surface area contributed by atoms with Crippen molar-refractivity contribution in [2.45, 2.75) is 13.5 Å². The molecule has 1 aliphatic heterocycles. The summed E-state index contributed by atoms with van der Waals surface area (Å²) in [5, 5.41) is -0.268. The van der Waals surface area contributed by atoms with E-state index in [1.54, 1.807) is 31.4 Å². The molecule has 0 N–H and O–H groups in total. The third-order valence-corrected chi connectivity index (χ3v) is 5.05. The van der Waals surface area contributed by atoms with Gasteiger partial charge in [-0.1, -0.05) is 48.6 Å². The van der Waals surface area contributed by atoms with E-state index in [0.717, 1.165) is 28.5 Å². The Morgan fingerprint density at radius 1 is 1.14 bits per heavy atom. The lowest BCUT2D eigenvalue weighted by atomic mass is 10.1. The van der Waals surface area contributed by atoms with Crippen molar-refractivity contribution in [3.63, 3.8) is 0 Å². The van der Waals surface area contributed by atoms with Crippen LogP contribution in [0.5, 0.6) is 11.5 Å². The number of aryl methyl sites for hydroxylation is 1. The highest BCUT2D eigenvalue weighted by molar-refractivity contribution is 8.18. The summed E-state index contributed by atoms with van der Waals surface area (Å²) < 4.78 is 10.9. The van der Waals surface area contributed by atoms with Gasteiger partial charge in [-0.15, -0.1) is 0 Å². The number of amides is 2. The number of carbonyl (C=O) groups excluding carboxylic acids is 2. The van der Waals surface area contributed by atoms with Gasteiger partial charge in [0.15, 0.2) is 11.5 Å². The number of thioether (sulfide) groups is 1. The van der Waals surface area contributed by atoms with Gasteiger partial charge in [-0.25, -0.2) is 0 Å². The van der Waals surface area contributed by atoms with E-state index in [2.05, 4.69) is 6.58 Å². The summed E-state index contributed by atoms with van der Waals surface area (Å²) in [4.78, 5) is 26.7. The zero-order chi connectivity index (χ0) is 20.1. The van der Waals surface area contributed by atoms with E-state index in [1.807, 2.05) is 37.3 Å². The molecule has 1 fully saturated rings. The lowest BCUT2D eigenvalue weighted by Crippen LogP contribution is -2.27. The van der Waals surface area contributed by atoms with E-state index in [4.69, 9.17) is 9.47 Å². The quantitative estimate of drug-likeness (QED) is 0.498. The maximum Gasteiger partial charge on any atom is 0.293 e. The fourth-order valence-corrected chi connectivity index (χ4v) is 3.66. The van der Waals surface area contributed by atoms with Gasteiger partial charge in [0.05, 0.1) is 18.6 Å². The summed E-state index contributed by atoms with van der Waals surface area (Å²) in [5.74, 6) is 0.851. The predicted octanol–water partition coefficient (Wildman–Crippen LogP) is 4.80. The van der Waals surface area contributed by atoms with E-state index >= 15 is 0 Å². The smallest absolute Gasteiger partial charge is 0.293 e. The van der Waals surface area contributed by atoms with Crippen LogP contribution in [0.3, 0.4) is 0 Å². The zero-order valence-corrected chi connectivity index (χ0v) is 16.6. The molecule has 0 aliphatic carbocycles. The van der Waals surface area contributed by atoms with Gasteiger partial charge >= 0.3 is 0 Å². The minimum absolute atomic E-state index is 0.265. The van der Waals surface area contributed by atoms with Crippen molar-refractivity contribution in [2.75, 3.05) is 13.7 Å². The normalized spacial score (nSPS) is 15.2. The molecule has 144 valence electrons. The maximum absolute atomic E-state index is 12.7. The summed E-state index contributed by atoms with van der Waals surface area (Å²) in [6.45, 7) is 6.24. The molecule has 0 radical (unpaired) electrons. The third-order valence-electron chi connectivity index (χ3n) is 4.14. The standard InChI is InChI=1S/C22H21NO4S/c1-4-10-27-18-9-8-16(12-19(18)26-3)13-20-21(24)23(22(25)28-20)14-17-7-5-6-15(2)11-17/h4-9,11-13H,1,10,14H2,2-3H3/b20-13+. The fourth-order valence-electron chi connectivity index (χ4n) is 2.82. The maximum atomic E-state index is 12.7. The molecule has 0 unspecified atom stereocenters. The van der Waals surface area contributed by atoms with E-state index < -0.39 is 0 Å². The summed E-state index contributed by atoms with van der Waals surface area (Å²) in [6, 6.07) is 13.1. The van der Waals surface area contributed by atoms with Crippen LogP contribution in [0.15, 0.2) is 60.0 Å². The van der Waals surface area contributed by atoms with Crippen molar-refractivity contribution in [3.8, 4) is 11.5 Å². The molecule has 1 aliphatic rings. The molecule has 0 bridgehead atoms. The van der Waals surface area contributed by atoms with E-state index in [-0.39, 0.29) is 17.7 Å². The summed E-state index contributed by atoms with van der Waals surface area (Å²) in [5.41, 5.74) is 2.77. The molecule has 5 nitrogen and oxygen atoms in total. The molecule has 0 saturated carbocycles. The highest BCUT2D eigenvalue weighted by atomic mass is 32.2. The van der Waals surface area contributed by atoms with Crippen LogP contribution in [-0.4, -0.2) is 29.8 Å². The van der Waals surface area contributed by atoms with E-state index in [0.29, 0.717) is 23.0 Å². The van der Waals surface area contributed by atoms with Gasteiger partial charge in [0.1, 0.15) is 6.61 Å². The first-order chi connectivity index (χ1) is 13.5. The summed E-state index contributed by atoms with van der Waals surface area (Å²) in [6.07, 6.45) is 3.35.